The number of fused-ring (bicyclic) bond motifs is 1. The summed E-state index contributed by atoms with van der Waals surface area (Å²) in [7, 11) is 0. The van der Waals surface area contributed by atoms with Crippen LogP contribution >= 0.6 is 11.8 Å². The van der Waals surface area contributed by atoms with Crippen LogP contribution in [0, 0.1) is 0 Å². The molecule has 0 spiro atoms. The van der Waals surface area contributed by atoms with Crippen LogP contribution in [0.3, 0.4) is 0 Å². The Morgan fingerprint density at radius 2 is 2.13 bits per heavy atom. The Morgan fingerprint density at radius 1 is 1.33 bits per heavy atom. The summed E-state index contributed by atoms with van der Waals surface area (Å²) in [5.41, 5.74) is 1.43. The first-order valence-electron chi connectivity index (χ1n) is 4.72. The average Bonchev–Trinajstić information content (AvgIpc) is 2.27. The highest BCUT2D eigenvalue weighted by molar-refractivity contribution is 7.99. The summed E-state index contributed by atoms with van der Waals surface area (Å²) in [4.78, 5) is 22.9. The van der Waals surface area contributed by atoms with E-state index in [4.69, 9.17) is 5.11 Å². The molecule has 0 radical (unpaired) electrons. The van der Waals surface area contributed by atoms with E-state index < -0.39 is 11.8 Å². The van der Waals surface area contributed by atoms with E-state index in [1.807, 2.05) is 6.07 Å². The van der Waals surface area contributed by atoms with Gasteiger partial charge in [-0.3, -0.25) is 4.79 Å². The third-order valence-electron chi connectivity index (χ3n) is 2.37. The van der Waals surface area contributed by atoms with Crippen LogP contribution in [-0.2, 0) is 11.2 Å². The monoisotopic (exact) mass is 222 g/mol. The molecular formula is C11H10O3S. The molecule has 1 aliphatic rings. The van der Waals surface area contributed by atoms with Gasteiger partial charge in [-0.1, -0.05) is 12.1 Å². The normalized spacial score (nSPS) is 14.4. The van der Waals surface area contributed by atoms with Gasteiger partial charge in [0.15, 0.2) is 0 Å². The van der Waals surface area contributed by atoms with Gasteiger partial charge in [0, 0.05) is 10.5 Å². The van der Waals surface area contributed by atoms with E-state index in [0.29, 0.717) is 5.56 Å². The number of thioether (sulfide) groups is 1. The lowest BCUT2D eigenvalue weighted by Crippen LogP contribution is -2.15. The van der Waals surface area contributed by atoms with Crippen molar-refractivity contribution >= 4 is 23.5 Å². The smallest absolute Gasteiger partial charge is 0.377 e. The highest BCUT2D eigenvalue weighted by Crippen LogP contribution is 2.33. The molecule has 78 valence electrons. The molecule has 0 aliphatic carbocycles. The van der Waals surface area contributed by atoms with Crippen LogP contribution in [0.1, 0.15) is 22.3 Å². The van der Waals surface area contributed by atoms with Crippen molar-refractivity contribution in [3.8, 4) is 0 Å². The van der Waals surface area contributed by atoms with Crippen molar-refractivity contribution in [2.75, 3.05) is 5.75 Å². The zero-order valence-electron chi connectivity index (χ0n) is 8.03. The van der Waals surface area contributed by atoms with Gasteiger partial charge in [-0.25, -0.2) is 4.79 Å². The molecule has 0 amide bonds. The minimum absolute atomic E-state index is 0.338. The van der Waals surface area contributed by atoms with Crippen LogP contribution in [0.2, 0.25) is 0 Å². The third kappa shape index (κ3) is 1.90. The van der Waals surface area contributed by atoms with Gasteiger partial charge in [0.2, 0.25) is 0 Å². The number of aryl methyl sites for hydroxylation is 1. The SMILES string of the molecule is O=C(O)C(=O)c1cccc2c1SCCC2. The summed E-state index contributed by atoms with van der Waals surface area (Å²) in [5, 5.41) is 8.68. The number of ketones is 1. The molecule has 1 aromatic rings. The van der Waals surface area contributed by atoms with Gasteiger partial charge >= 0.3 is 5.97 Å². The Labute approximate surface area is 91.5 Å². The van der Waals surface area contributed by atoms with E-state index in [2.05, 4.69) is 0 Å². The molecule has 0 saturated heterocycles. The standard InChI is InChI=1S/C11H10O3S/c12-9(11(13)14)8-5-1-3-7-4-2-6-15-10(7)8/h1,3,5H,2,4,6H2,(H,13,14). The maximum atomic E-state index is 11.4. The largest absolute Gasteiger partial charge is 0.475 e. The number of carbonyl (C=O) groups is 2. The fraction of sp³-hybridized carbons (Fsp3) is 0.273. The number of carbonyl (C=O) groups excluding carboxylic acids is 1. The second-order valence-electron chi connectivity index (χ2n) is 3.38. The lowest BCUT2D eigenvalue weighted by atomic mass is 10.0. The predicted octanol–water partition coefficient (Wildman–Crippen LogP) is 1.99. The first kappa shape index (κ1) is 10.2. The van der Waals surface area contributed by atoms with E-state index in [1.165, 1.54) is 0 Å². The molecule has 0 aromatic heterocycles. The van der Waals surface area contributed by atoms with Gasteiger partial charge in [0.25, 0.3) is 5.78 Å². The molecule has 1 aliphatic heterocycles. The van der Waals surface area contributed by atoms with Crippen LogP contribution in [0.15, 0.2) is 23.1 Å². The van der Waals surface area contributed by atoms with E-state index >= 15 is 0 Å². The summed E-state index contributed by atoms with van der Waals surface area (Å²) in [5.74, 6) is -1.23. The van der Waals surface area contributed by atoms with Gasteiger partial charge in [0.1, 0.15) is 0 Å². The average molecular weight is 222 g/mol. The zero-order chi connectivity index (χ0) is 10.8. The number of aliphatic carboxylic acids is 1. The number of rotatable bonds is 2. The minimum Gasteiger partial charge on any atom is -0.475 e. The first-order chi connectivity index (χ1) is 7.20. The van der Waals surface area contributed by atoms with Crippen molar-refractivity contribution in [1.29, 1.82) is 0 Å². The summed E-state index contributed by atoms with van der Waals surface area (Å²) in [6, 6.07) is 5.30. The molecule has 4 heteroatoms. The van der Waals surface area contributed by atoms with E-state index in [-0.39, 0.29) is 0 Å². The molecule has 0 atom stereocenters. The maximum Gasteiger partial charge on any atom is 0.377 e. The van der Waals surface area contributed by atoms with E-state index in [9.17, 15) is 9.59 Å². The van der Waals surface area contributed by atoms with Crippen LogP contribution in [-0.4, -0.2) is 22.6 Å². The quantitative estimate of drug-likeness (QED) is 0.614. The van der Waals surface area contributed by atoms with Gasteiger partial charge in [-0.2, -0.15) is 0 Å². The fourth-order valence-electron chi connectivity index (χ4n) is 1.68. The number of hydrogen-bond acceptors (Lipinski definition) is 3. The molecule has 0 bridgehead atoms. The van der Waals surface area contributed by atoms with Gasteiger partial charge < -0.3 is 5.11 Å². The number of carboxylic acids is 1. The maximum absolute atomic E-state index is 11.4. The van der Waals surface area contributed by atoms with Crippen LogP contribution in [0.25, 0.3) is 0 Å². The molecule has 0 fully saturated rings. The topological polar surface area (TPSA) is 54.4 Å². The van der Waals surface area contributed by atoms with Crippen LogP contribution in [0.4, 0.5) is 0 Å². The summed E-state index contributed by atoms with van der Waals surface area (Å²) in [6.07, 6.45) is 2.02. The Hall–Kier alpha value is -1.29. The zero-order valence-corrected chi connectivity index (χ0v) is 8.84. The lowest BCUT2D eigenvalue weighted by Gasteiger charge is -2.16. The minimum atomic E-state index is -1.38. The summed E-state index contributed by atoms with van der Waals surface area (Å²) >= 11 is 1.58. The van der Waals surface area contributed by atoms with Crippen molar-refractivity contribution in [2.24, 2.45) is 0 Å². The van der Waals surface area contributed by atoms with Gasteiger partial charge in [-0.15, -0.1) is 11.8 Å². The molecule has 1 N–H and O–H groups in total. The molecule has 1 aromatic carbocycles. The Balaban J connectivity index is 2.48. The molecule has 0 saturated carbocycles. The van der Waals surface area contributed by atoms with E-state index in [0.717, 1.165) is 29.1 Å². The first-order valence-corrected chi connectivity index (χ1v) is 5.71. The molecule has 3 nitrogen and oxygen atoms in total. The van der Waals surface area contributed by atoms with Gasteiger partial charge in [0.05, 0.1) is 0 Å². The number of carboxylic acid groups (broad SMARTS) is 1. The third-order valence-corrected chi connectivity index (χ3v) is 3.64. The fourth-order valence-corrected chi connectivity index (χ4v) is 2.85. The second-order valence-corrected chi connectivity index (χ2v) is 4.49. The highest BCUT2D eigenvalue weighted by Gasteiger charge is 2.22. The van der Waals surface area contributed by atoms with Crippen molar-refractivity contribution in [3.05, 3.63) is 29.3 Å². The molecule has 15 heavy (non-hydrogen) atoms. The van der Waals surface area contributed by atoms with Crippen molar-refractivity contribution in [1.82, 2.24) is 0 Å². The molecule has 0 unspecified atom stereocenters. The van der Waals surface area contributed by atoms with Crippen molar-refractivity contribution in [2.45, 2.75) is 17.7 Å². The number of hydrogen-bond donors (Lipinski definition) is 1. The Bertz CT molecular complexity index is 426. The van der Waals surface area contributed by atoms with Gasteiger partial charge in [-0.05, 0) is 30.2 Å². The molecule has 2 rings (SSSR count). The second kappa shape index (κ2) is 4.06. The lowest BCUT2D eigenvalue weighted by molar-refractivity contribution is -0.131. The molecular weight excluding hydrogens is 212 g/mol. The Morgan fingerprint density at radius 3 is 2.87 bits per heavy atom. The van der Waals surface area contributed by atoms with Crippen molar-refractivity contribution in [3.63, 3.8) is 0 Å². The van der Waals surface area contributed by atoms with Crippen molar-refractivity contribution < 1.29 is 14.7 Å². The Kier molecular flexibility index (Phi) is 2.77. The highest BCUT2D eigenvalue weighted by atomic mass is 32.2. The summed E-state index contributed by atoms with van der Waals surface area (Å²) in [6.45, 7) is 0. The predicted molar refractivity (Wildman–Crippen MR) is 57.5 cm³/mol. The van der Waals surface area contributed by atoms with Crippen LogP contribution < -0.4 is 0 Å². The van der Waals surface area contributed by atoms with E-state index in [1.54, 1.807) is 23.9 Å². The molecule has 1 heterocycles. The number of Topliss-reactive ketones (excluding diaryl/α,β-unsaturated/α-hetero) is 1. The number of benzene rings is 1. The van der Waals surface area contributed by atoms with Crippen LogP contribution in [0.5, 0.6) is 0 Å². The summed E-state index contributed by atoms with van der Waals surface area (Å²) < 4.78 is 0.